The fourth-order valence-electron chi connectivity index (χ4n) is 2.04. The van der Waals surface area contributed by atoms with Gasteiger partial charge in [-0.2, -0.15) is 0 Å². The van der Waals surface area contributed by atoms with Crippen molar-refractivity contribution in [3.8, 4) is 0 Å². The number of fused-ring (bicyclic) bond motifs is 1. The highest BCUT2D eigenvalue weighted by Crippen LogP contribution is 2.25. The summed E-state index contributed by atoms with van der Waals surface area (Å²) in [7, 11) is 2.08. The topological polar surface area (TPSA) is 29.0 Å². The normalized spacial score (nSPS) is 12.6. The molecule has 5 heteroatoms. The Labute approximate surface area is 117 Å². The summed E-state index contributed by atoms with van der Waals surface area (Å²) in [5.74, 6) is 0.793. The van der Waals surface area contributed by atoms with E-state index in [1.54, 1.807) is 11.3 Å². The summed E-state index contributed by atoms with van der Waals surface area (Å²) in [5, 5.41) is 3.50. The Kier molecular flexibility index (Phi) is 3.90. The minimum atomic E-state index is 0.269. The van der Waals surface area contributed by atoms with Crippen LogP contribution in [0, 0.1) is 5.41 Å². The Balaban J connectivity index is 2.16. The summed E-state index contributed by atoms with van der Waals surface area (Å²) in [6.45, 7) is 8.39. The van der Waals surface area contributed by atoms with Gasteiger partial charge in [-0.05, 0) is 23.9 Å². The predicted molar refractivity (Wildman–Crippen MR) is 78.2 cm³/mol. The lowest BCUT2D eigenvalue weighted by Crippen LogP contribution is -2.29. The van der Waals surface area contributed by atoms with Crippen molar-refractivity contribution in [2.24, 2.45) is 5.41 Å². The average Bonchev–Trinajstić information content (AvgIpc) is 2.62. The average molecular weight is 284 g/mol. The van der Waals surface area contributed by atoms with Gasteiger partial charge < -0.3 is 0 Å². The van der Waals surface area contributed by atoms with Gasteiger partial charge in [-0.1, -0.05) is 32.4 Å². The highest BCUT2D eigenvalue weighted by atomic mass is 35.5. The third-order valence-corrected chi connectivity index (χ3v) is 3.58. The van der Waals surface area contributed by atoms with Gasteiger partial charge in [0.05, 0.1) is 6.54 Å². The third kappa shape index (κ3) is 3.40. The van der Waals surface area contributed by atoms with E-state index in [1.165, 1.54) is 0 Å². The monoisotopic (exact) mass is 283 g/mol. The predicted octanol–water partition coefficient (Wildman–Crippen LogP) is 3.82. The zero-order valence-electron chi connectivity index (χ0n) is 11.2. The van der Waals surface area contributed by atoms with Gasteiger partial charge in [0.25, 0.3) is 0 Å². The van der Waals surface area contributed by atoms with Gasteiger partial charge in [0.15, 0.2) is 0 Å². The van der Waals surface area contributed by atoms with Gasteiger partial charge in [-0.15, -0.1) is 11.3 Å². The maximum atomic E-state index is 6.16. The van der Waals surface area contributed by atoms with Crippen LogP contribution in [-0.2, 0) is 6.54 Å². The molecule has 0 saturated heterocycles. The van der Waals surface area contributed by atoms with E-state index >= 15 is 0 Å². The van der Waals surface area contributed by atoms with Gasteiger partial charge in [0, 0.05) is 11.9 Å². The molecule has 0 aliphatic rings. The molecule has 0 atom stereocenters. The molecular formula is C13H18ClN3S. The number of hydrogen-bond donors (Lipinski definition) is 0. The van der Waals surface area contributed by atoms with Crippen molar-refractivity contribution < 1.29 is 0 Å². The summed E-state index contributed by atoms with van der Waals surface area (Å²) >= 11 is 7.76. The van der Waals surface area contributed by atoms with Crippen molar-refractivity contribution in [2.45, 2.75) is 27.3 Å². The Morgan fingerprint density at radius 2 is 2.06 bits per heavy atom. The van der Waals surface area contributed by atoms with E-state index in [0.29, 0.717) is 5.15 Å². The maximum Gasteiger partial charge on any atom is 0.145 e. The SMILES string of the molecule is CN(Cc1nc(Cl)c2ccsc2n1)CC(C)(C)C. The summed E-state index contributed by atoms with van der Waals surface area (Å²) < 4.78 is 0. The fourth-order valence-corrected chi connectivity index (χ4v) is 3.13. The molecule has 0 N–H and O–H groups in total. The van der Waals surface area contributed by atoms with Crippen LogP contribution in [0.4, 0.5) is 0 Å². The summed E-state index contributed by atoms with van der Waals surface area (Å²) in [6, 6.07) is 1.96. The second-order valence-corrected chi connectivity index (χ2v) is 7.06. The van der Waals surface area contributed by atoms with Crippen LogP contribution < -0.4 is 0 Å². The first-order chi connectivity index (χ1) is 8.35. The Bertz CT molecular complexity index is 545. The number of nitrogens with zero attached hydrogens (tertiary/aromatic N) is 3. The number of thiophene rings is 1. The molecule has 0 aromatic carbocycles. The lowest BCUT2D eigenvalue weighted by Gasteiger charge is -2.25. The van der Waals surface area contributed by atoms with Crippen molar-refractivity contribution in [3.63, 3.8) is 0 Å². The first-order valence-electron chi connectivity index (χ1n) is 5.93. The van der Waals surface area contributed by atoms with E-state index < -0.39 is 0 Å². The molecule has 0 aliphatic carbocycles. The first-order valence-corrected chi connectivity index (χ1v) is 7.19. The Morgan fingerprint density at radius 1 is 1.33 bits per heavy atom. The molecule has 0 spiro atoms. The van der Waals surface area contributed by atoms with E-state index in [2.05, 4.69) is 42.7 Å². The minimum Gasteiger partial charge on any atom is -0.298 e. The molecule has 0 aliphatic heterocycles. The van der Waals surface area contributed by atoms with Crippen LogP contribution in [0.1, 0.15) is 26.6 Å². The van der Waals surface area contributed by atoms with Crippen LogP contribution in [0.3, 0.4) is 0 Å². The molecule has 98 valence electrons. The zero-order valence-corrected chi connectivity index (χ0v) is 12.8. The molecule has 0 fully saturated rings. The lowest BCUT2D eigenvalue weighted by atomic mass is 9.96. The van der Waals surface area contributed by atoms with Crippen molar-refractivity contribution in [2.75, 3.05) is 13.6 Å². The van der Waals surface area contributed by atoms with Crippen LogP contribution in [0.2, 0.25) is 5.15 Å². The summed E-state index contributed by atoms with van der Waals surface area (Å²) in [4.78, 5) is 12.1. The Hall–Kier alpha value is -0.710. The molecule has 18 heavy (non-hydrogen) atoms. The van der Waals surface area contributed by atoms with E-state index in [9.17, 15) is 0 Å². The smallest absolute Gasteiger partial charge is 0.145 e. The third-order valence-electron chi connectivity index (χ3n) is 2.48. The summed E-state index contributed by atoms with van der Waals surface area (Å²) in [5.41, 5.74) is 0.269. The largest absolute Gasteiger partial charge is 0.298 e. The molecule has 2 rings (SSSR count). The van der Waals surface area contributed by atoms with E-state index in [1.807, 2.05) is 11.4 Å². The molecule has 2 aromatic heterocycles. The fraction of sp³-hybridized carbons (Fsp3) is 0.538. The van der Waals surface area contributed by atoms with Crippen molar-refractivity contribution in [1.82, 2.24) is 14.9 Å². The van der Waals surface area contributed by atoms with E-state index in [0.717, 1.165) is 29.1 Å². The number of rotatable bonds is 3. The van der Waals surface area contributed by atoms with Gasteiger partial charge in [0.1, 0.15) is 15.8 Å². The molecule has 0 radical (unpaired) electrons. The van der Waals surface area contributed by atoms with Crippen LogP contribution >= 0.6 is 22.9 Å². The van der Waals surface area contributed by atoms with Gasteiger partial charge >= 0.3 is 0 Å². The van der Waals surface area contributed by atoms with Crippen LogP contribution in [0.5, 0.6) is 0 Å². The molecule has 0 bridgehead atoms. The van der Waals surface area contributed by atoms with Crippen LogP contribution in [0.25, 0.3) is 10.2 Å². The van der Waals surface area contributed by atoms with Gasteiger partial charge in [-0.25, -0.2) is 9.97 Å². The lowest BCUT2D eigenvalue weighted by molar-refractivity contribution is 0.217. The van der Waals surface area contributed by atoms with Crippen molar-refractivity contribution in [1.29, 1.82) is 0 Å². The Morgan fingerprint density at radius 3 is 2.72 bits per heavy atom. The molecule has 3 nitrogen and oxygen atoms in total. The molecule has 0 unspecified atom stereocenters. The van der Waals surface area contributed by atoms with Crippen LogP contribution in [-0.4, -0.2) is 28.5 Å². The molecule has 0 saturated carbocycles. The molecular weight excluding hydrogens is 266 g/mol. The zero-order chi connectivity index (χ0) is 13.3. The molecule has 2 aromatic rings. The quantitative estimate of drug-likeness (QED) is 0.802. The van der Waals surface area contributed by atoms with Crippen molar-refractivity contribution >= 4 is 33.2 Å². The second-order valence-electron chi connectivity index (χ2n) is 5.80. The van der Waals surface area contributed by atoms with Gasteiger partial charge in [-0.3, -0.25) is 4.90 Å². The highest BCUT2D eigenvalue weighted by molar-refractivity contribution is 7.16. The summed E-state index contributed by atoms with van der Waals surface area (Å²) in [6.07, 6.45) is 0. The molecule has 0 amide bonds. The standard InChI is InChI=1S/C13H18ClN3S/c1-13(2,3)8-17(4)7-10-15-11(14)9-5-6-18-12(9)16-10/h5-6H,7-8H2,1-4H3. The van der Waals surface area contributed by atoms with E-state index in [-0.39, 0.29) is 5.41 Å². The second kappa shape index (κ2) is 5.11. The van der Waals surface area contributed by atoms with E-state index in [4.69, 9.17) is 11.6 Å². The van der Waals surface area contributed by atoms with Crippen molar-refractivity contribution in [3.05, 3.63) is 22.4 Å². The number of halogens is 1. The highest BCUT2D eigenvalue weighted by Gasteiger charge is 2.15. The maximum absolute atomic E-state index is 6.16. The first kappa shape index (κ1) is 13.7. The van der Waals surface area contributed by atoms with Crippen LogP contribution in [0.15, 0.2) is 11.4 Å². The minimum absolute atomic E-state index is 0.269. The number of hydrogen-bond acceptors (Lipinski definition) is 4. The van der Waals surface area contributed by atoms with Gasteiger partial charge in [0.2, 0.25) is 0 Å². The molecule has 2 heterocycles. The number of aromatic nitrogens is 2.